The third kappa shape index (κ3) is 4.35. The Bertz CT molecular complexity index is 1010. The molecular formula is C19H19N3O4S. The maximum Gasteiger partial charge on any atom is 0.322 e. The van der Waals surface area contributed by atoms with Crippen LogP contribution < -0.4 is 14.2 Å². The molecule has 0 radical (unpaired) electrons. The standard InChI is InChI=1S/C19H19N3O4S/c1-13-18(22-27(23,24)17-11-9-15(25-3)10-12-17)14(2)21-19(20-13)26-16-7-5-4-6-8-16/h4-12,22H,1-3H3. The number of sulfonamides is 1. The molecule has 7 nitrogen and oxygen atoms in total. The average molecular weight is 385 g/mol. The highest BCUT2D eigenvalue weighted by molar-refractivity contribution is 7.92. The van der Waals surface area contributed by atoms with Crippen LogP contribution >= 0.6 is 0 Å². The quantitative estimate of drug-likeness (QED) is 0.696. The van der Waals surface area contributed by atoms with Crippen LogP contribution in [0.1, 0.15) is 11.4 Å². The summed E-state index contributed by atoms with van der Waals surface area (Å²) in [5, 5.41) is 0. The number of aryl methyl sites for hydroxylation is 2. The Morgan fingerprint density at radius 1 is 0.852 bits per heavy atom. The molecule has 3 rings (SSSR count). The van der Waals surface area contributed by atoms with E-state index in [-0.39, 0.29) is 10.9 Å². The van der Waals surface area contributed by atoms with Crippen LogP contribution in [0.3, 0.4) is 0 Å². The molecule has 0 saturated carbocycles. The molecule has 3 aromatic rings. The van der Waals surface area contributed by atoms with Crippen LogP contribution in [-0.4, -0.2) is 25.5 Å². The zero-order chi connectivity index (χ0) is 19.4. The van der Waals surface area contributed by atoms with Crippen LogP contribution in [0.5, 0.6) is 17.5 Å². The van der Waals surface area contributed by atoms with Gasteiger partial charge in [-0.05, 0) is 50.2 Å². The maximum absolute atomic E-state index is 12.6. The molecule has 2 aromatic carbocycles. The van der Waals surface area contributed by atoms with E-state index in [1.165, 1.54) is 19.2 Å². The Morgan fingerprint density at radius 3 is 2.00 bits per heavy atom. The Kier molecular flexibility index (Phi) is 5.27. The normalized spacial score (nSPS) is 11.1. The third-order valence-electron chi connectivity index (χ3n) is 3.81. The Morgan fingerprint density at radius 2 is 1.44 bits per heavy atom. The summed E-state index contributed by atoms with van der Waals surface area (Å²) in [6.07, 6.45) is 0. The van der Waals surface area contributed by atoms with Crippen molar-refractivity contribution in [2.24, 2.45) is 0 Å². The molecule has 140 valence electrons. The number of anilines is 1. The van der Waals surface area contributed by atoms with Gasteiger partial charge in [0.25, 0.3) is 10.0 Å². The van der Waals surface area contributed by atoms with Gasteiger partial charge in [-0.15, -0.1) is 0 Å². The number of nitrogens with one attached hydrogen (secondary N) is 1. The predicted molar refractivity (Wildman–Crippen MR) is 102 cm³/mol. The molecule has 1 aromatic heterocycles. The second-order valence-corrected chi connectivity index (χ2v) is 7.43. The fraction of sp³-hybridized carbons (Fsp3) is 0.158. The zero-order valence-corrected chi connectivity index (χ0v) is 15.9. The van der Waals surface area contributed by atoms with E-state index in [2.05, 4.69) is 14.7 Å². The number of methoxy groups -OCH3 is 1. The van der Waals surface area contributed by atoms with Gasteiger partial charge in [0, 0.05) is 0 Å². The molecule has 0 aliphatic heterocycles. The molecule has 0 atom stereocenters. The van der Waals surface area contributed by atoms with Crippen molar-refractivity contribution in [3.8, 4) is 17.5 Å². The summed E-state index contributed by atoms with van der Waals surface area (Å²) in [5.74, 6) is 1.18. The summed E-state index contributed by atoms with van der Waals surface area (Å²) in [6.45, 7) is 3.39. The monoisotopic (exact) mass is 385 g/mol. The Labute approximate surface area is 158 Å². The van der Waals surface area contributed by atoms with Crippen molar-refractivity contribution in [1.82, 2.24) is 9.97 Å². The number of benzene rings is 2. The molecule has 8 heteroatoms. The lowest BCUT2D eigenvalue weighted by atomic mass is 10.3. The minimum atomic E-state index is -3.78. The highest BCUT2D eigenvalue weighted by Crippen LogP contribution is 2.26. The first-order valence-corrected chi connectivity index (χ1v) is 9.62. The van der Waals surface area contributed by atoms with Gasteiger partial charge in [-0.2, -0.15) is 9.97 Å². The number of ether oxygens (including phenoxy) is 2. The zero-order valence-electron chi connectivity index (χ0n) is 15.1. The third-order valence-corrected chi connectivity index (χ3v) is 5.17. The molecule has 0 spiro atoms. The number of rotatable bonds is 6. The Hall–Kier alpha value is -3.13. The Balaban J connectivity index is 1.86. The fourth-order valence-electron chi connectivity index (χ4n) is 2.42. The first-order chi connectivity index (χ1) is 12.9. The van der Waals surface area contributed by atoms with Crippen molar-refractivity contribution in [2.75, 3.05) is 11.8 Å². The smallest absolute Gasteiger partial charge is 0.322 e. The van der Waals surface area contributed by atoms with Gasteiger partial charge in [0.2, 0.25) is 0 Å². The van der Waals surface area contributed by atoms with Crippen molar-refractivity contribution in [2.45, 2.75) is 18.7 Å². The molecule has 0 unspecified atom stereocenters. The molecule has 0 aliphatic rings. The minimum Gasteiger partial charge on any atom is -0.497 e. The lowest BCUT2D eigenvalue weighted by molar-refractivity contribution is 0.414. The second-order valence-electron chi connectivity index (χ2n) is 5.75. The summed E-state index contributed by atoms with van der Waals surface area (Å²) >= 11 is 0. The molecule has 0 saturated heterocycles. The molecule has 0 aliphatic carbocycles. The SMILES string of the molecule is COc1ccc(S(=O)(=O)Nc2c(C)nc(Oc3ccccc3)nc2C)cc1. The number of aromatic nitrogens is 2. The first kappa shape index (κ1) is 18.7. The van der Waals surface area contributed by atoms with E-state index in [4.69, 9.17) is 9.47 Å². The number of para-hydroxylation sites is 1. The van der Waals surface area contributed by atoms with Gasteiger partial charge in [0.05, 0.1) is 29.1 Å². The largest absolute Gasteiger partial charge is 0.497 e. The average Bonchev–Trinajstić information content (AvgIpc) is 2.66. The summed E-state index contributed by atoms with van der Waals surface area (Å²) in [6, 6.07) is 15.4. The van der Waals surface area contributed by atoms with Crippen molar-refractivity contribution in [3.63, 3.8) is 0 Å². The van der Waals surface area contributed by atoms with Crippen LogP contribution in [0.4, 0.5) is 5.69 Å². The maximum atomic E-state index is 12.6. The molecular weight excluding hydrogens is 366 g/mol. The van der Waals surface area contributed by atoms with Crippen LogP contribution in [0.25, 0.3) is 0 Å². The van der Waals surface area contributed by atoms with Crippen LogP contribution in [0.2, 0.25) is 0 Å². The van der Waals surface area contributed by atoms with E-state index < -0.39 is 10.0 Å². The molecule has 27 heavy (non-hydrogen) atoms. The van der Waals surface area contributed by atoms with Gasteiger partial charge < -0.3 is 9.47 Å². The van der Waals surface area contributed by atoms with Crippen molar-refractivity contribution in [3.05, 3.63) is 66.0 Å². The van der Waals surface area contributed by atoms with Gasteiger partial charge in [-0.1, -0.05) is 18.2 Å². The van der Waals surface area contributed by atoms with E-state index in [1.54, 1.807) is 38.1 Å². The van der Waals surface area contributed by atoms with Gasteiger partial charge in [0.15, 0.2) is 0 Å². The minimum absolute atomic E-state index is 0.117. The van der Waals surface area contributed by atoms with Crippen molar-refractivity contribution < 1.29 is 17.9 Å². The van der Waals surface area contributed by atoms with Gasteiger partial charge in [0.1, 0.15) is 11.5 Å². The predicted octanol–water partition coefficient (Wildman–Crippen LogP) is 3.70. The van der Waals surface area contributed by atoms with Crippen LogP contribution in [0.15, 0.2) is 59.5 Å². The molecule has 0 amide bonds. The first-order valence-electron chi connectivity index (χ1n) is 8.14. The van der Waals surface area contributed by atoms with Gasteiger partial charge in [-0.3, -0.25) is 4.72 Å². The second kappa shape index (κ2) is 7.63. The van der Waals surface area contributed by atoms with E-state index in [9.17, 15) is 8.42 Å². The lowest BCUT2D eigenvalue weighted by Gasteiger charge is -2.14. The summed E-state index contributed by atoms with van der Waals surface area (Å²) in [4.78, 5) is 8.63. The highest BCUT2D eigenvalue weighted by atomic mass is 32.2. The highest BCUT2D eigenvalue weighted by Gasteiger charge is 2.19. The topological polar surface area (TPSA) is 90.4 Å². The van der Waals surface area contributed by atoms with Gasteiger partial charge >= 0.3 is 6.01 Å². The van der Waals surface area contributed by atoms with E-state index >= 15 is 0 Å². The summed E-state index contributed by atoms with van der Waals surface area (Å²) in [5.41, 5.74) is 1.25. The van der Waals surface area contributed by atoms with E-state index in [0.717, 1.165) is 0 Å². The van der Waals surface area contributed by atoms with Crippen molar-refractivity contribution >= 4 is 15.7 Å². The summed E-state index contributed by atoms with van der Waals surface area (Å²) < 4.78 is 38.5. The number of hydrogen-bond acceptors (Lipinski definition) is 6. The van der Waals surface area contributed by atoms with E-state index in [0.29, 0.717) is 28.6 Å². The van der Waals surface area contributed by atoms with Crippen molar-refractivity contribution in [1.29, 1.82) is 0 Å². The summed E-state index contributed by atoms with van der Waals surface area (Å²) in [7, 11) is -2.26. The molecule has 1 N–H and O–H groups in total. The molecule has 0 fully saturated rings. The fourth-order valence-corrected chi connectivity index (χ4v) is 3.60. The molecule has 0 bridgehead atoms. The lowest BCUT2D eigenvalue weighted by Crippen LogP contribution is -2.16. The number of nitrogens with zero attached hydrogens (tertiary/aromatic N) is 2. The molecule has 1 heterocycles. The number of hydrogen-bond donors (Lipinski definition) is 1. The van der Waals surface area contributed by atoms with Crippen LogP contribution in [0, 0.1) is 13.8 Å². The van der Waals surface area contributed by atoms with Crippen LogP contribution in [-0.2, 0) is 10.0 Å². The van der Waals surface area contributed by atoms with E-state index in [1.807, 2.05) is 18.2 Å². The van der Waals surface area contributed by atoms with Gasteiger partial charge in [-0.25, -0.2) is 8.42 Å².